The van der Waals surface area contributed by atoms with Gasteiger partial charge in [0, 0.05) is 86.3 Å². The van der Waals surface area contributed by atoms with Crippen LogP contribution in [0.5, 0.6) is 0 Å². The van der Waals surface area contributed by atoms with Crippen molar-refractivity contribution >= 4 is 23.2 Å². The number of nitrogens with one attached hydrogen (secondary N) is 3. The van der Waals surface area contributed by atoms with E-state index in [0.717, 1.165) is 55.0 Å². The number of hydrogen-bond acceptors (Lipinski definition) is 7. The van der Waals surface area contributed by atoms with E-state index < -0.39 is 0 Å². The smallest absolute Gasteiger partial charge is 0.253 e. The lowest BCUT2D eigenvalue weighted by molar-refractivity contribution is -0.111. The quantitative estimate of drug-likeness (QED) is 0.379. The number of aryl methyl sites for hydroxylation is 2. The van der Waals surface area contributed by atoms with Crippen molar-refractivity contribution in [1.82, 2.24) is 15.2 Å². The van der Waals surface area contributed by atoms with Crippen LogP contribution in [0.2, 0.25) is 0 Å². The van der Waals surface area contributed by atoms with E-state index >= 15 is 0 Å². The summed E-state index contributed by atoms with van der Waals surface area (Å²) >= 11 is 0. The summed E-state index contributed by atoms with van der Waals surface area (Å²) in [5.41, 5.74) is 4.66. The maximum atomic E-state index is 13.5. The van der Waals surface area contributed by atoms with Gasteiger partial charge < -0.3 is 30.0 Å². The number of hydrogen-bond donors (Lipinski definition) is 3. The Morgan fingerprint density at radius 3 is 2.46 bits per heavy atom. The number of carbonyl (C=O) groups is 2. The third-order valence-corrected chi connectivity index (χ3v) is 7.83. The molecule has 2 aromatic rings. The zero-order chi connectivity index (χ0) is 29.4. The Kier molecular flexibility index (Phi) is 10.7. The first-order valence-corrected chi connectivity index (χ1v) is 14.5. The molecule has 2 saturated heterocycles. The summed E-state index contributed by atoms with van der Waals surface area (Å²) in [4.78, 5) is 46.3. The molecule has 4 rings (SSSR count). The normalized spacial score (nSPS) is 16.6. The SMILES string of the molecule is CCN(c1cc(NC(=O)/C=C/CN2CCOCC2)cc(C(=O)NCc2c(C)cc(C)[nH]c2=O)c1C)C1CCOCC1. The minimum atomic E-state index is -0.301. The lowest BCUT2D eigenvalue weighted by atomic mass is 9.99. The summed E-state index contributed by atoms with van der Waals surface area (Å²) < 4.78 is 11.0. The highest BCUT2D eigenvalue weighted by molar-refractivity contribution is 6.03. The van der Waals surface area contributed by atoms with Crippen LogP contribution in [0.4, 0.5) is 11.4 Å². The van der Waals surface area contributed by atoms with Crippen LogP contribution in [-0.2, 0) is 20.8 Å². The van der Waals surface area contributed by atoms with Crippen LogP contribution < -0.4 is 21.1 Å². The van der Waals surface area contributed by atoms with Crippen molar-refractivity contribution in [2.45, 2.75) is 53.1 Å². The number of aromatic nitrogens is 1. The van der Waals surface area contributed by atoms with Crippen LogP contribution in [0.15, 0.2) is 35.1 Å². The standard InChI is InChI=1S/C31H43N5O5/c1-5-36(25-8-13-40-14-9-25)28-19-24(34-29(37)7-6-10-35-11-15-41-16-12-35)18-26(23(28)4)30(38)32-20-27-21(2)17-22(3)33-31(27)39/h6-7,17-19,25H,5,8-16,20H2,1-4H3,(H,32,38)(H,33,39)(H,34,37)/b7-6+. The van der Waals surface area contributed by atoms with Crippen molar-refractivity contribution in [3.63, 3.8) is 0 Å². The lowest BCUT2D eigenvalue weighted by Gasteiger charge is -2.37. The largest absolute Gasteiger partial charge is 0.381 e. The molecule has 10 heteroatoms. The molecule has 1 aromatic heterocycles. The number of H-pyrrole nitrogens is 1. The number of nitrogens with zero attached hydrogens (tertiary/aromatic N) is 2. The van der Waals surface area contributed by atoms with Gasteiger partial charge in [-0.15, -0.1) is 0 Å². The van der Waals surface area contributed by atoms with Crippen molar-refractivity contribution in [2.75, 3.05) is 62.8 Å². The molecule has 10 nitrogen and oxygen atoms in total. The van der Waals surface area contributed by atoms with Gasteiger partial charge in [0.15, 0.2) is 0 Å². The molecule has 0 radical (unpaired) electrons. The summed E-state index contributed by atoms with van der Waals surface area (Å²) in [6, 6.07) is 5.83. The van der Waals surface area contributed by atoms with Gasteiger partial charge in [0.25, 0.3) is 11.5 Å². The minimum absolute atomic E-state index is 0.105. The number of benzene rings is 1. The molecule has 0 spiro atoms. The van der Waals surface area contributed by atoms with Crippen LogP contribution in [0.3, 0.4) is 0 Å². The van der Waals surface area contributed by atoms with Gasteiger partial charge in [-0.1, -0.05) is 6.08 Å². The fraction of sp³-hybridized carbons (Fsp3) is 0.516. The number of ether oxygens (including phenoxy) is 2. The van der Waals surface area contributed by atoms with E-state index in [1.165, 1.54) is 6.08 Å². The first-order valence-electron chi connectivity index (χ1n) is 14.5. The van der Waals surface area contributed by atoms with E-state index in [4.69, 9.17) is 9.47 Å². The number of rotatable bonds is 10. The number of anilines is 2. The van der Waals surface area contributed by atoms with Gasteiger partial charge in [-0.25, -0.2) is 0 Å². The van der Waals surface area contributed by atoms with Crippen molar-refractivity contribution in [2.24, 2.45) is 0 Å². The molecule has 0 bridgehead atoms. The highest BCUT2D eigenvalue weighted by Gasteiger charge is 2.25. The van der Waals surface area contributed by atoms with Crippen LogP contribution in [0, 0.1) is 20.8 Å². The Bertz CT molecular complexity index is 1310. The molecule has 222 valence electrons. The van der Waals surface area contributed by atoms with Crippen LogP contribution >= 0.6 is 0 Å². The van der Waals surface area contributed by atoms with Crippen LogP contribution in [-0.4, -0.2) is 80.3 Å². The molecule has 3 N–H and O–H groups in total. The second-order valence-corrected chi connectivity index (χ2v) is 10.7. The molecule has 2 aliphatic heterocycles. The van der Waals surface area contributed by atoms with Crippen molar-refractivity contribution in [1.29, 1.82) is 0 Å². The molecule has 0 atom stereocenters. The van der Waals surface area contributed by atoms with Gasteiger partial charge in [-0.2, -0.15) is 0 Å². The predicted molar refractivity (Wildman–Crippen MR) is 161 cm³/mol. The van der Waals surface area contributed by atoms with E-state index in [0.29, 0.717) is 49.8 Å². The highest BCUT2D eigenvalue weighted by atomic mass is 16.5. The molecular weight excluding hydrogens is 522 g/mol. The fourth-order valence-corrected chi connectivity index (χ4v) is 5.57. The van der Waals surface area contributed by atoms with E-state index in [-0.39, 0.29) is 30.0 Å². The van der Waals surface area contributed by atoms with E-state index in [9.17, 15) is 14.4 Å². The van der Waals surface area contributed by atoms with Crippen molar-refractivity contribution in [3.05, 3.63) is 68.7 Å². The first-order chi connectivity index (χ1) is 19.8. The topological polar surface area (TPSA) is 116 Å². The zero-order valence-electron chi connectivity index (χ0n) is 24.7. The summed E-state index contributed by atoms with van der Waals surface area (Å²) in [5, 5.41) is 5.90. The monoisotopic (exact) mass is 565 g/mol. The number of morpholine rings is 1. The number of aromatic amines is 1. The zero-order valence-corrected chi connectivity index (χ0v) is 24.7. The van der Waals surface area contributed by atoms with Gasteiger partial charge in [-0.3, -0.25) is 19.3 Å². The summed E-state index contributed by atoms with van der Waals surface area (Å²) in [7, 11) is 0. The van der Waals surface area contributed by atoms with Crippen molar-refractivity contribution in [3.8, 4) is 0 Å². The molecule has 3 heterocycles. The van der Waals surface area contributed by atoms with E-state index in [2.05, 4.69) is 32.3 Å². The van der Waals surface area contributed by atoms with E-state index in [1.54, 1.807) is 6.07 Å². The van der Waals surface area contributed by atoms with Gasteiger partial charge in [-0.05, 0) is 69.9 Å². The summed E-state index contributed by atoms with van der Waals surface area (Å²) in [6.07, 6.45) is 5.18. The molecule has 41 heavy (non-hydrogen) atoms. The molecular formula is C31H43N5O5. The Morgan fingerprint density at radius 1 is 1.07 bits per heavy atom. The van der Waals surface area contributed by atoms with Gasteiger partial charge in [0.05, 0.1) is 13.2 Å². The maximum Gasteiger partial charge on any atom is 0.253 e. The second-order valence-electron chi connectivity index (χ2n) is 10.7. The van der Waals surface area contributed by atoms with Crippen LogP contribution in [0.25, 0.3) is 0 Å². The average Bonchev–Trinajstić information content (AvgIpc) is 2.95. The number of pyridine rings is 1. The summed E-state index contributed by atoms with van der Waals surface area (Å²) in [6.45, 7) is 13.8. The fourth-order valence-electron chi connectivity index (χ4n) is 5.57. The van der Waals surface area contributed by atoms with Gasteiger partial charge >= 0.3 is 0 Å². The molecule has 0 unspecified atom stereocenters. The Hall–Kier alpha value is -3.47. The Labute approximate surface area is 242 Å². The summed E-state index contributed by atoms with van der Waals surface area (Å²) in [5.74, 6) is -0.555. The number of carbonyl (C=O) groups excluding carboxylic acids is 2. The number of amides is 2. The van der Waals surface area contributed by atoms with Crippen LogP contribution in [0.1, 0.15) is 52.5 Å². The highest BCUT2D eigenvalue weighted by Crippen LogP contribution is 2.32. The Balaban J connectivity index is 1.58. The lowest BCUT2D eigenvalue weighted by Crippen LogP contribution is -2.40. The molecule has 2 fully saturated rings. The van der Waals surface area contributed by atoms with Crippen molar-refractivity contribution < 1.29 is 19.1 Å². The molecule has 2 amide bonds. The second kappa shape index (κ2) is 14.4. The third-order valence-electron chi connectivity index (χ3n) is 7.83. The predicted octanol–water partition coefficient (Wildman–Crippen LogP) is 3.06. The van der Waals surface area contributed by atoms with Gasteiger partial charge in [0.2, 0.25) is 5.91 Å². The van der Waals surface area contributed by atoms with Gasteiger partial charge in [0.1, 0.15) is 0 Å². The average molecular weight is 566 g/mol. The molecule has 1 aromatic carbocycles. The molecule has 0 aliphatic carbocycles. The maximum absolute atomic E-state index is 13.5. The Morgan fingerprint density at radius 2 is 1.78 bits per heavy atom. The first kappa shape index (κ1) is 30.5. The van der Waals surface area contributed by atoms with E-state index in [1.807, 2.05) is 39.0 Å². The molecule has 2 aliphatic rings. The molecule has 0 saturated carbocycles. The minimum Gasteiger partial charge on any atom is -0.381 e. The third kappa shape index (κ3) is 8.06.